The SMILES string of the molecule is CCCCOC(=O)n1cccc1/C=C/C(=O)c1ccccc1. The maximum atomic E-state index is 12.0. The zero-order valence-corrected chi connectivity index (χ0v) is 12.6. The van der Waals surface area contributed by atoms with Crippen molar-refractivity contribution >= 4 is 18.0 Å². The van der Waals surface area contributed by atoms with E-state index in [1.807, 2.05) is 25.1 Å². The van der Waals surface area contributed by atoms with Gasteiger partial charge in [-0.15, -0.1) is 0 Å². The summed E-state index contributed by atoms with van der Waals surface area (Å²) in [6.07, 6.45) is 6.09. The largest absolute Gasteiger partial charge is 0.449 e. The highest BCUT2D eigenvalue weighted by Crippen LogP contribution is 2.08. The molecule has 0 saturated heterocycles. The van der Waals surface area contributed by atoms with E-state index < -0.39 is 6.09 Å². The van der Waals surface area contributed by atoms with Crippen molar-refractivity contribution in [3.05, 3.63) is 66.0 Å². The molecule has 0 atom stereocenters. The van der Waals surface area contributed by atoms with Gasteiger partial charge in [-0.25, -0.2) is 4.79 Å². The Morgan fingerprint density at radius 1 is 1.14 bits per heavy atom. The number of unbranched alkanes of at least 4 members (excludes halogenated alkanes) is 1. The second kappa shape index (κ2) is 7.98. The molecular weight excluding hydrogens is 278 g/mol. The van der Waals surface area contributed by atoms with Crippen LogP contribution in [-0.2, 0) is 4.74 Å². The minimum absolute atomic E-state index is 0.104. The molecule has 4 nitrogen and oxygen atoms in total. The van der Waals surface area contributed by atoms with Gasteiger partial charge in [0, 0.05) is 11.8 Å². The lowest BCUT2D eigenvalue weighted by atomic mass is 10.1. The summed E-state index contributed by atoms with van der Waals surface area (Å²) in [6, 6.07) is 12.5. The quantitative estimate of drug-likeness (QED) is 0.457. The van der Waals surface area contributed by atoms with Gasteiger partial charge in [-0.2, -0.15) is 0 Å². The Morgan fingerprint density at radius 3 is 2.64 bits per heavy atom. The van der Waals surface area contributed by atoms with Crippen molar-refractivity contribution in [2.75, 3.05) is 6.61 Å². The van der Waals surface area contributed by atoms with Crippen molar-refractivity contribution in [3.63, 3.8) is 0 Å². The van der Waals surface area contributed by atoms with Crippen LogP contribution in [0.2, 0.25) is 0 Å². The molecule has 0 amide bonds. The van der Waals surface area contributed by atoms with E-state index in [0.29, 0.717) is 17.9 Å². The van der Waals surface area contributed by atoms with Crippen LogP contribution in [0.25, 0.3) is 6.08 Å². The summed E-state index contributed by atoms with van der Waals surface area (Å²) in [6.45, 7) is 2.44. The number of carbonyl (C=O) groups excluding carboxylic acids is 2. The molecule has 22 heavy (non-hydrogen) atoms. The summed E-state index contributed by atoms with van der Waals surface area (Å²) >= 11 is 0. The highest BCUT2D eigenvalue weighted by molar-refractivity contribution is 6.06. The molecule has 0 fully saturated rings. The fourth-order valence-corrected chi connectivity index (χ4v) is 1.93. The van der Waals surface area contributed by atoms with Crippen LogP contribution in [0, 0.1) is 0 Å². The second-order valence-electron chi connectivity index (χ2n) is 4.83. The number of hydrogen-bond acceptors (Lipinski definition) is 3. The average Bonchev–Trinajstić information content (AvgIpc) is 3.02. The van der Waals surface area contributed by atoms with Crippen molar-refractivity contribution < 1.29 is 14.3 Å². The maximum Gasteiger partial charge on any atom is 0.418 e. The van der Waals surface area contributed by atoms with Crippen LogP contribution in [-0.4, -0.2) is 23.1 Å². The predicted molar refractivity (Wildman–Crippen MR) is 85.9 cm³/mol. The van der Waals surface area contributed by atoms with Gasteiger partial charge in [0.25, 0.3) is 0 Å². The van der Waals surface area contributed by atoms with Gasteiger partial charge in [-0.3, -0.25) is 9.36 Å². The number of benzene rings is 1. The summed E-state index contributed by atoms with van der Waals surface area (Å²) in [5.74, 6) is -0.104. The number of ketones is 1. The lowest BCUT2D eigenvalue weighted by Gasteiger charge is -2.06. The average molecular weight is 297 g/mol. The zero-order valence-electron chi connectivity index (χ0n) is 12.6. The molecule has 1 aromatic heterocycles. The first-order valence-electron chi connectivity index (χ1n) is 7.34. The predicted octanol–water partition coefficient (Wildman–Crippen LogP) is 4.17. The molecule has 2 rings (SSSR count). The molecule has 1 heterocycles. The Labute approximate surface area is 130 Å². The number of allylic oxidation sites excluding steroid dienone is 1. The third-order valence-electron chi connectivity index (χ3n) is 3.16. The maximum absolute atomic E-state index is 12.0. The summed E-state index contributed by atoms with van der Waals surface area (Å²) < 4.78 is 6.56. The topological polar surface area (TPSA) is 48.3 Å². The number of aromatic nitrogens is 1. The normalized spacial score (nSPS) is 10.8. The molecule has 0 unspecified atom stereocenters. The van der Waals surface area contributed by atoms with E-state index in [4.69, 9.17) is 4.74 Å². The highest BCUT2D eigenvalue weighted by Gasteiger charge is 2.09. The Hall–Kier alpha value is -2.62. The van der Waals surface area contributed by atoms with Crippen molar-refractivity contribution in [2.24, 2.45) is 0 Å². The molecule has 1 aromatic carbocycles. The van der Waals surface area contributed by atoms with E-state index in [-0.39, 0.29) is 5.78 Å². The fourth-order valence-electron chi connectivity index (χ4n) is 1.93. The van der Waals surface area contributed by atoms with Crippen LogP contribution in [0.1, 0.15) is 35.8 Å². The molecule has 114 valence electrons. The summed E-state index contributed by atoms with van der Waals surface area (Å²) in [7, 11) is 0. The van der Waals surface area contributed by atoms with Gasteiger partial charge in [0.1, 0.15) is 0 Å². The smallest absolute Gasteiger partial charge is 0.418 e. The Bertz CT molecular complexity index is 656. The number of hydrogen-bond donors (Lipinski definition) is 0. The van der Waals surface area contributed by atoms with E-state index in [1.54, 1.807) is 36.5 Å². The van der Waals surface area contributed by atoms with E-state index in [1.165, 1.54) is 10.6 Å². The lowest BCUT2D eigenvalue weighted by Crippen LogP contribution is -2.14. The van der Waals surface area contributed by atoms with Crippen molar-refractivity contribution in [2.45, 2.75) is 19.8 Å². The van der Waals surface area contributed by atoms with Gasteiger partial charge in [-0.05, 0) is 30.7 Å². The van der Waals surface area contributed by atoms with Crippen LogP contribution < -0.4 is 0 Å². The van der Waals surface area contributed by atoms with Gasteiger partial charge in [-0.1, -0.05) is 43.7 Å². The van der Waals surface area contributed by atoms with E-state index in [2.05, 4.69) is 0 Å². The molecule has 0 aliphatic rings. The molecule has 0 saturated carbocycles. The van der Waals surface area contributed by atoms with Gasteiger partial charge >= 0.3 is 6.09 Å². The summed E-state index contributed by atoms with van der Waals surface area (Å²) in [5, 5.41) is 0. The molecule has 0 spiro atoms. The van der Waals surface area contributed by atoms with Crippen molar-refractivity contribution in [1.82, 2.24) is 4.57 Å². The van der Waals surface area contributed by atoms with E-state index in [9.17, 15) is 9.59 Å². The van der Waals surface area contributed by atoms with Gasteiger partial charge in [0.15, 0.2) is 5.78 Å². The molecule has 0 aliphatic heterocycles. The minimum atomic E-state index is -0.426. The molecule has 4 heteroatoms. The lowest BCUT2D eigenvalue weighted by molar-refractivity contribution is 0.104. The zero-order chi connectivity index (χ0) is 15.8. The van der Waals surface area contributed by atoms with Gasteiger partial charge in [0.05, 0.1) is 12.3 Å². The third kappa shape index (κ3) is 4.19. The minimum Gasteiger partial charge on any atom is -0.449 e. The Kier molecular flexibility index (Phi) is 5.72. The van der Waals surface area contributed by atoms with Gasteiger partial charge in [0.2, 0.25) is 0 Å². The van der Waals surface area contributed by atoms with Crippen LogP contribution in [0.4, 0.5) is 4.79 Å². The number of ether oxygens (including phenoxy) is 1. The Balaban J connectivity index is 2.05. The molecule has 0 aliphatic carbocycles. The summed E-state index contributed by atoms with van der Waals surface area (Å²) in [4.78, 5) is 24.0. The standard InChI is InChI=1S/C18H19NO3/c1-2-3-14-22-18(21)19-13-7-10-16(19)11-12-17(20)15-8-5-4-6-9-15/h4-13H,2-3,14H2,1H3/b12-11+. The number of nitrogens with zero attached hydrogens (tertiary/aromatic N) is 1. The molecular formula is C18H19NO3. The highest BCUT2D eigenvalue weighted by atomic mass is 16.5. The van der Waals surface area contributed by atoms with Crippen LogP contribution in [0.5, 0.6) is 0 Å². The Morgan fingerprint density at radius 2 is 1.91 bits per heavy atom. The second-order valence-corrected chi connectivity index (χ2v) is 4.83. The number of rotatable bonds is 6. The van der Waals surface area contributed by atoms with Crippen LogP contribution >= 0.6 is 0 Å². The molecule has 2 aromatic rings. The molecule has 0 N–H and O–H groups in total. The number of carbonyl (C=O) groups is 2. The van der Waals surface area contributed by atoms with E-state index in [0.717, 1.165) is 12.8 Å². The monoisotopic (exact) mass is 297 g/mol. The van der Waals surface area contributed by atoms with Crippen molar-refractivity contribution in [3.8, 4) is 0 Å². The van der Waals surface area contributed by atoms with E-state index >= 15 is 0 Å². The first kappa shape index (κ1) is 15.8. The first-order valence-corrected chi connectivity index (χ1v) is 7.34. The van der Waals surface area contributed by atoms with Crippen LogP contribution in [0.15, 0.2) is 54.7 Å². The molecule has 0 bridgehead atoms. The van der Waals surface area contributed by atoms with Crippen molar-refractivity contribution in [1.29, 1.82) is 0 Å². The fraction of sp³-hybridized carbons (Fsp3) is 0.222. The van der Waals surface area contributed by atoms with Gasteiger partial charge < -0.3 is 4.74 Å². The third-order valence-corrected chi connectivity index (χ3v) is 3.16. The summed E-state index contributed by atoms with van der Waals surface area (Å²) in [5.41, 5.74) is 1.23. The molecule has 0 radical (unpaired) electrons. The van der Waals surface area contributed by atoms with Crippen LogP contribution in [0.3, 0.4) is 0 Å². The first-order chi connectivity index (χ1) is 10.7.